The molecule has 0 spiro atoms. The first-order chi connectivity index (χ1) is 14.9. The normalized spacial score (nSPS) is 19.2. The van der Waals surface area contributed by atoms with Crippen LogP contribution in [0.15, 0.2) is 54.6 Å². The van der Waals surface area contributed by atoms with E-state index in [1.165, 1.54) is 34.5 Å². The minimum absolute atomic E-state index is 0.0173. The number of phenols is 1. The standard InChI is InChI=1S/C22H23NO6S2/c24-18-9-5-4-8-16(18)20-23(17(12-31-20)22(28)29)19(25)13-30-11-10-15(21(26)27)14-6-2-1-3-7-14/h1-9,15,17,20,24H,10-13H2,(H,26,27)(H,28,29)/t15?,17-,20?/m0/s1. The Morgan fingerprint density at radius 1 is 1.06 bits per heavy atom. The molecule has 3 rings (SSSR count). The molecule has 2 aromatic carbocycles. The predicted octanol–water partition coefficient (Wildman–Crippen LogP) is 3.41. The molecule has 164 valence electrons. The topological polar surface area (TPSA) is 115 Å². The van der Waals surface area contributed by atoms with Crippen LogP contribution >= 0.6 is 23.5 Å². The Kier molecular flexibility index (Phi) is 7.86. The van der Waals surface area contributed by atoms with Crippen LogP contribution in [0.4, 0.5) is 0 Å². The number of hydrogen-bond acceptors (Lipinski definition) is 6. The molecule has 1 aliphatic heterocycles. The maximum Gasteiger partial charge on any atom is 0.327 e. The molecular formula is C22H23NO6S2. The molecule has 0 saturated carbocycles. The summed E-state index contributed by atoms with van der Waals surface area (Å²) in [6.45, 7) is 0. The Balaban J connectivity index is 1.64. The number of carboxylic acids is 2. The van der Waals surface area contributed by atoms with Gasteiger partial charge in [0.1, 0.15) is 17.2 Å². The highest BCUT2D eigenvalue weighted by Crippen LogP contribution is 2.44. The quantitative estimate of drug-likeness (QED) is 0.487. The van der Waals surface area contributed by atoms with Crippen LogP contribution < -0.4 is 0 Å². The van der Waals surface area contributed by atoms with E-state index >= 15 is 0 Å². The number of nitrogens with zero attached hydrogens (tertiary/aromatic N) is 1. The smallest absolute Gasteiger partial charge is 0.327 e. The molecule has 0 radical (unpaired) electrons. The first kappa shape index (κ1) is 23.0. The van der Waals surface area contributed by atoms with Crippen molar-refractivity contribution in [1.29, 1.82) is 0 Å². The number of rotatable bonds is 9. The number of aromatic hydroxyl groups is 1. The van der Waals surface area contributed by atoms with Crippen LogP contribution in [0.1, 0.15) is 28.8 Å². The van der Waals surface area contributed by atoms with Gasteiger partial charge >= 0.3 is 11.9 Å². The van der Waals surface area contributed by atoms with E-state index in [-0.39, 0.29) is 23.2 Å². The van der Waals surface area contributed by atoms with E-state index < -0.39 is 29.3 Å². The maximum atomic E-state index is 12.9. The van der Waals surface area contributed by atoms with Crippen molar-refractivity contribution in [3.63, 3.8) is 0 Å². The van der Waals surface area contributed by atoms with Crippen LogP contribution in [0.3, 0.4) is 0 Å². The minimum Gasteiger partial charge on any atom is -0.508 e. The van der Waals surface area contributed by atoms with Gasteiger partial charge in [0.2, 0.25) is 5.91 Å². The van der Waals surface area contributed by atoms with Crippen LogP contribution in [-0.2, 0) is 14.4 Å². The number of carbonyl (C=O) groups is 3. The van der Waals surface area contributed by atoms with Crippen molar-refractivity contribution in [2.75, 3.05) is 17.3 Å². The third kappa shape index (κ3) is 5.54. The van der Waals surface area contributed by atoms with Gasteiger partial charge in [-0.05, 0) is 23.8 Å². The van der Waals surface area contributed by atoms with Crippen LogP contribution in [0.25, 0.3) is 0 Å². The van der Waals surface area contributed by atoms with Gasteiger partial charge in [-0.25, -0.2) is 4.79 Å². The average molecular weight is 462 g/mol. The highest BCUT2D eigenvalue weighted by atomic mass is 32.2. The average Bonchev–Trinajstić information content (AvgIpc) is 3.19. The molecule has 0 aliphatic carbocycles. The fourth-order valence-electron chi connectivity index (χ4n) is 3.49. The molecule has 1 aliphatic rings. The molecule has 9 heteroatoms. The summed E-state index contributed by atoms with van der Waals surface area (Å²) in [6, 6.07) is 14.6. The summed E-state index contributed by atoms with van der Waals surface area (Å²) >= 11 is 2.59. The molecule has 1 heterocycles. The van der Waals surface area contributed by atoms with E-state index in [1.807, 2.05) is 6.07 Å². The fourth-order valence-corrected chi connectivity index (χ4v) is 5.83. The van der Waals surface area contributed by atoms with Crippen molar-refractivity contribution in [2.45, 2.75) is 23.8 Å². The maximum absolute atomic E-state index is 12.9. The Labute approximate surface area is 188 Å². The summed E-state index contributed by atoms with van der Waals surface area (Å²) < 4.78 is 0. The summed E-state index contributed by atoms with van der Waals surface area (Å²) in [5.74, 6) is -2.27. The Bertz CT molecular complexity index is 939. The van der Waals surface area contributed by atoms with Crippen LogP contribution in [0, 0.1) is 0 Å². The lowest BCUT2D eigenvalue weighted by Gasteiger charge is -2.28. The van der Waals surface area contributed by atoms with Gasteiger partial charge in [-0.3, -0.25) is 9.59 Å². The van der Waals surface area contributed by atoms with Crippen molar-refractivity contribution in [2.24, 2.45) is 0 Å². The van der Waals surface area contributed by atoms with Crippen molar-refractivity contribution in [1.82, 2.24) is 4.90 Å². The van der Waals surface area contributed by atoms with Gasteiger partial charge in [0, 0.05) is 11.3 Å². The number of amides is 1. The molecule has 2 aromatic rings. The number of para-hydroxylation sites is 1. The van der Waals surface area contributed by atoms with E-state index in [0.717, 1.165) is 0 Å². The number of aliphatic carboxylic acids is 2. The van der Waals surface area contributed by atoms with Gasteiger partial charge in [0.25, 0.3) is 0 Å². The second-order valence-electron chi connectivity index (χ2n) is 7.04. The number of thioether (sulfide) groups is 2. The third-order valence-corrected chi connectivity index (χ3v) is 7.33. The Morgan fingerprint density at radius 2 is 1.74 bits per heavy atom. The molecule has 0 aromatic heterocycles. The lowest BCUT2D eigenvalue weighted by atomic mass is 9.97. The highest BCUT2D eigenvalue weighted by molar-refractivity contribution is 8.00. The number of carbonyl (C=O) groups excluding carboxylic acids is 1. The van der Waals surface area contributed by atoms with E-state index in [4.69, 9.17) is 0 Å². The number of phenolic OH excluding ortho intramolecular Hbond substituents is 1. The lowest BCUT2D eigenvalue weighted by Crippen LogP contribution is -2.43. The SMILES string of the molecule is O=C(O)C(CCSCC(=O)N1C(c2ccccc2O)SC[C@H]1C(=O)O)c1ccccc1. The summed E-state index contributed by atoms with van der Waals surface area (Å²) in [6.07, 6.45) is 0.358. The monoisotopic (exact) mass is 461 g/mol. The van der Waals surface area contributed by atoms with Gasteiger partial charge in [-0.2, -0.15) is 11.8 Å². The second-order valence-corrected chi connectivity index (χ2v) is 9.26. The molecule has 31 heavy (non-hydrogen) atoms. The summed E-state index contributed by atoms with van der Waals surface area (Å²) in [5, 5.41) is 28.7. The molecule has 2 unspecified atom stereocenters. The minimum atomic E-state index is -1.08. The summed E-state index contributed by atoms with van der Waals surface area (Å²) in [5.41, 5.74) is 1.22. The van der Waals surface area contributed by atoms with E-state index in [9.17, 15) is 29.7 Å². The van der Waals surface area contributed by atoms with E-state index in [1.54, 1.807) is 42.5 Å². The van der Waals surface area contributed by atoms with Gasteiger partial charge < -0.3 is 20.2 Å². The first-order valence-electron chi connectivity index (χ1n) is 9.69. The van der Waals surface area contributed by atoms with Crippen LogP contribution in [-0.4, -0.2) is 61.4 Å². The van der Waals surface area contributed by atoms with Gasteiger partial charge in [0.15, 0.2) is 0 Å². The summed E-state index contributed by atoms with van der Waals surface area (Å²) in [4.78, 5) is 37.6. The van der Waals surface area contributed by atoms with Gasteiger partial charge in [-0.1, -0.05) is 48.5 Å². The van der Waals surface area contributed by atoms with Crippen molar-refractivity contribution < 1.29 is 29.7 Å². The second kappa shape index (κ2) is 10.6. The predicted molar refractivity (Wildman–Crippen MR) is 120 cm³/mol. The van der Waals surface area contributed by atoms with Gasteiger partial charge in [-0.15, -0.1) is 11.8 Å². The zero-order valence-electron chi connectivity index (χ0n) is 16.6. The first-order valence-corrected chi connectivity index (χ1v) is 11.9. The molecule has 3 atom stereocenters. The van der Waals surface area contributed by atoms with Crippen molar-refractivity contribution >= 4 is 41.4 Å². The lowest BCUT2D eigenvalue weighted by molar-refractivity contribution is -0.148. The Morgan fingerprint density at radius 3 is 2.39 bits per heavy atom. The zero-order valence-corrected chi connectivity index (χ0v) is 18.2. The molecule has 1 saturated heterocycles. The molecule has 1 amide bonds. The highest BCUT2D eigenvalue weighted by Gasteiger charge is 2.42. The molecule has 1 fully saturated rings. The summed E-state index contributed by atoms with van der Waals surface area (Å²) in [7, 11) is 0. The third-order valence-electron chi connectivity index (χ3n) is 5.05. The van der Waals surface area contributed by atoms with Crippen molar-refractivity contribution in [3.8, 4) is 5.75 Å². The molecule has 3 N–H and O–H groups in total. The van der Waals surface area contributed by atoms with E-state index in [0.29, 0.717) is 23.3 Å². The molecule has 0 bridgehead atoms. The Hall–Kier alpha value is -2.65. The number of carboxylic acid groups (broad SMARTS) is 2. The molecular weight excluding hydrogens is 438 g/mol. The van der Waals surface area contributed by atoms with Gasteiger partial charge in [0.05, 0.1) is 11.7 Å². The largest absolute Gasteiger partial charge is 0.508 e. The number of benzene rings is 2. The van der Waals surface area contributed by atoms with E-state index in [2.05, 4.69) is 0 Å². The fraction of sp³-hybridized carbons (Fsp3) is 0.318. The van der Waals surface area contributed by atoms with Crippen LogP contribution in [0.5, 0.6) is 5.75 Å². The number of hydrogen-bond donors (Lipinski definition) is 3. The zero-order chi connectivity index (χ0) is 22.4. The molecule has 7 nitrogen and oxygen atoms in total. The van der Waals surface area contributed by atoms with Crippen molar-refractivity contribution in [3.05, 3.63) is 65.7 Å². The van der Waals surface area contributed by atoms with Crippen LogP contribution in [0.2, 0.25) is 0 Å².